The Morgan fingerprint density at radius 3 is 1.47 bits per heavy atom. The van der Waals surface area contributed by atoms with E-state index in [0.717, 1.165) is 6.42 Å². The molecule has 0 radical (unpaired) electrons. The lowest BCUT2D eigenvalue weighted by molar-refractivity contribution is 0.0231. The van der Waals surface area contributed by atoms with Crippen molar-refractivity contribution in [2.75, 3.05) is 14.1 Å². The van der Waals surface area contributed by atoms with E-state index >= 15 is 0 Å². The fraction of sp³-hybridized carbons (Fsp3) is 1.00. The quantitative estimate of drug-likeness (QED) is 0.681. The molecular formula is C12H31NO2. The Hall–Kier alpha value is -0.120. The van der Waals surface area contributed by atoms with Crippen molar-refractivity contribution < 1.29 is 10.2 Å². The molecule has 0 saturated carbocycles. The van der Waals surface area contributed by atoms with Crippen molar-refractivity contribution in [3.05, 3.63) is 0 Å². The zero-order chi connectivity index (χ0) is 12.9. The Bertz CT molecular complexity index is 95.6. The molecule has 0 fully saturated rings. The summed E-state index contributed by atoms with van der Waals surface area (Å²) < 4.78 is 0. The summed E-state index contributed by atoms with van der Waals surface area (Å²) in [7, 11) is 3.75. The first-order valence-electron chi connectivity index (χ1n) is 5.90. The fourth-order valence-corrected chi connectivity index (χ4v) is 0.745. The van der Waals surface area contributed by atoms with E-state index in [1.165, 1.54) is 0 Å². The van der Waals surface area contributed by atoms with E-state index in [1.54, 1.807) is 6.92 Å². The molecule has 0 rings (SSSR count). The van der Waals surface area contributed by atoms with Crippen LogP contribution < -0.4 is 5.32 Å². The normalized spacial score (nSPS) is 13.2. The van der Waals surface area contributed by atoms with Crippen LogP contribution in [0, 0.1) is 5.92 Å². The van der Waals surface area contributed by atoms with Crippen LogP contribution in [-0.4, -0.2) is 36.5 Å². The topological polar surface area (TPSA) is 52.5 Å². The van der Waals surface area contributed by atoms with E-state index in [0.29, 0.717) is 12.3 Å². The first-order chi connectivity index (χ1) is 6.95. The lowest BCUT2D eigenvalue weighted by atomic mass is 10.0. The maximum atomic E-state index is 9.13. The second kappa shape index (κ2) is 16.3. The third-order valence-corrected chi connectivity index (χ3v) is 1.60. The molecule has 2 atom stereocenters. The summed E-state index contributed by atoms with van der Waals surface area (Å²) in [6.45, 7) is 9.83. The lowest BCUT2D eigenvalue weighted by Crippen LogP contribution is -2.22. The molecular weight excluding hydrogens is 190 g/mol. The van der Waals surface area contributed by atoms with Crippen molar-refractivity contribution in [1.29, 1.82) is 0 Å². The second-order valence-corrected chi connectivity index (χ2v) is 3.78. The summed E-state index contributed by atoms with van der Waals surface area (Å²) in [6, 6.07) is 0. The van der Waals surface area contributed by atoms with Crippen LogP contribution in [0.15, 0.2) is 0 Å². The van der Waals surface area contributed by atoms with E-state index in [4.69, 9.17) is 10.2 Å². The average molecular weight is 221 g/mol. The highest BCUT2D eigenvalue weighted by Gasteiger charge is 2.10. The minimum atomic E-state index is -0.584. The van der Waals surface area contributed by atoms with Crippen LogP contribution in [0.4, 0.5) is 0 Å². The highest BCUT2D eigenvalue weighted by Crippen LogP contribution is 2.08. The van der Waals surface area contributed by atoms with Gasteiger partial charge in [0.05, 0.1) is 12.2 Å². The van der Waals surface area contributed by atoms with Gasteiger partial charge in [-0.15, -0.1) is 0 Å². The van der Waals surface area contributed by atoms with Gasteiger partial charge in [0.15, 0.2) is 0 Å². The number of rotatable bonds is 4. The van der Waals surface area contributed by atoms with Crippen LogP contribution in [0.2, 0.25) is 0 Å². The minimum absolute atomic E-state index is 0.539. The molecule has 3 heteroatoms. The second-order valence-electron chi connectivity index (χ2n) is 3.78. The van der Waals surface area contributed by atoms with Crippen molar-refractivity contribution in [1.82, 2.24) is 5.32 Å². The summed E-state index contributed by atoms with van der Waals surface area (Å²) in [6.07, 6.45) is 0.558. The monoisotopic (exact) mass is 221 g/mol. The maximum Gasteiger partial charge on any atom is 0.0796 e. The molecule has 1 unspecified atom stereocenters. The van der Waals surface area contributed by atoms with Gasteiger partial charge in [0.25, 0.3) is 0 Å². The molecule has 3 N–H and O–H groups in total. The standard InChI is InChI=1S/C8H18O2.C2H7N.C2H6/c1-6(2)4-5-8(10)7(3)9;1-3-2;1-2/h6-10H,4-5H2,1-3H3;3H,1-2H3;1-2H3/t7?,8-;;/m1../s1. The SMILES string of the molecule is CC.CC(C)CC[C@@H](O)C(C)O.CNC. The van der Waals surface area contributed by atoms with E-state index in [-0.39, 0.29) is 0 Å². The van der Waals surface area contributed by atoms with Crippen molar-refractivity contribution in [2.45, 2.75) is 59.7 Å². The molecule has 0 heterocycles. The highest BCUT2D eigenvalue weighted by molar-refractivity contribution is 4.62. The third kappa shape index (κ3) is 24.8. The average Bonchev–Trinajstić information content (AvgIpc) is 2.18. The molecule has 0 aromatic carbocycles. The molecule has 15 heavy (non-hydrogen) atoms. The Labute approximate surface area is 95.9 Å². The molecule has 0 aromatic heterocycles. The van der Waals surface area contributed by atoms with Gasteiger partial charge in [-0.3, -0.25) is 0 Å². The zero-order valence-electron chi connectivity index (χ0n) is 11.5. The number of aliphatic hydroxyl groups is 2. The van der Waals surface area contributed by atoms with Crippen molar-refractivity contribution in [3.8, 4) is 0 Å². The van der Waals surface area contributed by atoms with E-state index in [2.05, 4.69) is 19.2 Å². The van der Waals surface area contributed by atoms with Crippen molar-refractivity contribution >= 4 is 0 Å². The molecule has 0 saturated heterocycles. The summed E-state index contributed by atoms with van der Waals surface area (Å²) in [4.78, 5) is 0. The predicted molar refractivity (Wildman–Crippen MR) is 68.1 cm³/mol. The molecule has 0 bridgehead atoms. The Kier molecular flexibility index (Phi) is 22.1. The Balaban J connectivity index is -0.000000245. The van der Waals surface area contributed by atoms with Crippen LogP contribution >= 0.6 is 0 Å². The summed E-state index contributed by atoms with van der Waals surface area (Å²) in [5, 5.41) is 20.8. The molecule has 0 aromatic rings. The summed E-state index contributed by atoms with van der Waals surface area (Å²) >= 11 is 0. The highest BCUT2D eigenvalue weighted by atomic mass is 16.3. The van der Waals surface area contributed by atoms with Crippen molar-refractivity contribution in [2.24, 2.45) is 5.92 Å². The van der Waals surface area contributed by atoms with Gasteiger partial charge in [-0.1, -0.05) is 27.7 Å². The largest absolute Gasteiger partial charge is 0.391 e. The third-order valence-electron chi connectivity index (χ3n) is 1.60. The molecule has 0 spiro atoms. The molecule has 3 nitrogen and oxygen atoms in total. The summed E-state index contributed by atoms with van der Waals surface area (Å²) in [5.41, 5.74) is 0. The molecule has 0 aliphatic heterocycles. The minimum Gasteiger partial charge on any atom is -0.391 e. The number of hydrogen-bond acceptors (Lipinski definition) is 3. The van der Waals surface area contributed by atoms with Gasteiger partial charge in [-0.05, 0) is 39.8 Å². The smallest absolute Gasteiger partial charge is 0.0796 e. The van der Waals surface area contributed by atoms with E-state index in [9.17, 15) is 0 Å². The number of aliphatic hydroxyl groups excluding tert-OH is 2. The summed E-state index contributed by atoms with van der Waals surface area (Å²) in [5.74, 6) is 0.605. The van der Waals surface area contributed by atoms with Gasteiger partial charge in [0.2, 0.25) is 0 Å². The Morgan fingerprint density at radius 1 is 0.933 bits per heavy atom. The van der Waals surface area contributed by atoms with Crippen LogP contribution in [-0.2, 0) is 0 Å². The van der Waals surface area contributed by atoms with Gasteiger partial charge in [0.1, 0.15) is 0 Å². The zero-order valence-corrected chi connectivity index (χ0v) is 11.5. The maximum absolute atomic E-state index is 9.13. The van der Waals surface area contributed by atoms with Crippen LogP contribution in [0.1, 0.15) is 47.5 Å². The molecule has 0 aliphatic rings. The molecule has 96 valence electrons. The molecule has 0 amide bonds. The van der Waals surface area contributed by atoms with Gasteiger partial charge < -0.3 is 15.5 Å². The van der Waals surface area contributed by atoms with Gasteiger partial charge >= 0.3 is 0 Å². The van der Waals surface area contributed by atoms with Gasteiger partial charge in [-0.25, -0.2) is 0 Å². The van der Waals surface area contributed by atoms with Gasteiger partial charge in [-0.2, -0.15) is 0 Å². The van der Waals surface area contributed by atoms with Crippen molar-refractivity contribution in [3.63, 3.8) is 0 Å². The predicted octanol–water partition coefficient (Wildman–Crippen LogP) is 2.03. The first kappa shape index (κ1) is 20.3. The van der Waals surface area contributed by atoms with E-state index in [1.807, 2.05) is 27.9 Å². The Morgan fingerprint density at radius 2 is 1.27 bits per heavy atom. The number of hydrogen-bond donors (Lipinski definition) is 3. The van der Waals surface area contributed by atoms with Crippen LogP contribution in [0.3, 0.4) is 0 Å². The van der Waals surface area contributed by atoms with Crippen LogP contribution in [0.5, 0.6) is 0 Å². The fourth-order valence-electron chi connectivity index (χ4n) is 0.745. The number of nitrogens with one attached hydrogen (secondary N) is 1. The van der Waals surface area contributed by atoms with E-state index < -0.39 is 12.2 Å². The van der Waals surface area contributed by atoms with Gasteiger partial charge in [0, 0.05) is 0 Å². The molecule has 0 aliphatic carbocycles. The lowest BCUT2D eigenvalue weighted by Gasteiger charge is -2.13. The van der Waals surface area contributed by atoms with Crippen LogP contribution in [0.25, 0.3) is 0 Å². The first-order valence-corrected chi connectivity index (χ1v) is 5.90.